The van der Waals surface area contributed by atoms with E-state index in [0.29, 0.717) is 17.4 Å². The van der Waals surface area contributed by atoms with Crippen LogP contribution in [0.4, 0.5) is 13.2 Å². The molecule has 4 rings (SSSR count). The van der Waals surface area contributed by atoms with Crippen LogP contribution in [0.25, 0.3) is 10.8 Å². The van der Waals surface area contributed by atoms with Crippen molar-refractivity contribution in [1.29, 1.82) is 0 Å². The quantitative estimate of drug-likeness (QED) is 0.333. The number of methoxy groups -OCH3 is 1. The van der Waals surface area contributed by atoms with Crippen molar-refractivity contribution in [2.45, 2.75) is 77.0 Å². The monoisotopic (exact) mass is 446 g/mol. The fourth-order valence-corrected chi connectivity index (χ4v) is 6.18. The number of rotatable bonds is 6. The number of unbranched alkanes of at least 4 members (excludes halogenated alkanes) is 2. The first-order valence-electron chi connectivity index (χ1n) is 12.1. The molecular formula is C27H33F3O2. The zero-order valence-electron chi connectivity index (χ0n) is 19.1. The van der Waals surface area contributed by atoms with Gasteiger partial charge in [-0.3, -0.25) is 0 Å². The van der Waals surface area contributed by atoms with E-state index in [2.05, 4.69) is 11.7 Å². The highest BCUT2D eigenvalue weighted by Crippen LogP contribution is 2.49. The van der Waals surface area contributed by atoms with Gasteiger partial charge in [-0.2, -0.15) is 0 Å². The molecule has 5 heteroatoms. The molecule has 2 aromatic rings. The molecule has 0 amide bonds. The summed E-state index contributed by atoms with van der Waals surface area (Å²) in [4.78, 5) is 11.7. The molecule has 32 heavy (non-hydrogen) atoms. The molecule has 2 aromatic carbocycles. The molecule has 0 N–H and O–H groups in total. The normalized spacial score (nSPS) is 25.5. The Labute approximate surface area is 188 Å². The molecule has 0 bridgehead atoms. The zero-order valence-corrected chi connectivity index (χ0v) is 19.1. The van der Waals surface area contributed by atoms with Crippen LogP contribution in [0.1, 0.15) is 93.0 Å². The maximum Gasteiger partial charge on any atom is 0.340 e. The highest BCUT2D eigenvalue weighted by atomic mass is 19.2. The Morgan fingerprint density at radius 1 is 0.969 bits per heavy atom. The maximum absolute atomic E-state index is 15.1. The van der Waals surface area contributed by atoms with E-state index in [1.165, 1.54) is 57.1 Å². The number of benzene rings is 2. The molecule has 2 fully saturated rings. The molecule has 2 nitrogen and oxygen atoms in total. The number of esters is 1. The minimum absolute atomic E-state index is 0.0462. The first-order valence-corrected chi connectivity index (χ1v) is 12.1. The van der Waals surface area contributed by atoms with Gasteiger partial charge in [0.25, 0.3) is 0 Å². The second-order valence-electron chi connectivity index (χ2n) is 9.82. The first kappa shape index (κ1) is 23.1. The molecule has 0 heterocycles. The second kappa shape index (κ2) is 9.84. The molecule has 2 aliphatic rings. The van der Waals surface area contributed by atoms with Gasteiger partial charge in [0, 0.05) is 0 Å². The predicted octanol–water partition coefficient (Wildman–Crippen LogP) is 7.92. The van der Waals surface area contributed by atoms with Crippen LogP contribution in [0.15, 0.2) is 18.2 Å². The molecule has 0 radical (unpaired) electrons. The summed E-state index contributed by atoms with van der Waals surface area (Å²) in [6, 6.07) is 4.34. The van der Waals surface area contributed by atoms with Crippen molar-refractivity contribution in [3.8, 4) is 0 Å². The predicted molar refractivity (Wildman–Crippen MR) is 120 cm³/mol. The van der Waals surface area contributed by atoms with Gasteiger partial charge in [-0.05, 0) is 78.9 Å². The Kier molecular flexibility index (Phi) is 7.11. The van der Waals surface area contributed by atoms with Crippen LogP contribution >= 0.6 is 0 Å². The lowest BCUT2D eigenvalue weighted by atomic mass is 9.63. The van der Waals surface area contributed by atoms with Crippen molar-refractivity contribution >= 4 is 16.7 Å². The summed E-state index contributed by atoms with van der Waals surface area (Å²) in [5.41, 5.74) is -0.0361. The summed E-state index contributed by atoms with van der Waals surface area (Å²) >= 11 is 0. The van der Waals surface area contributed by atoms with E-state index in [1.54, 1.807) is 6.07 Å². The third-order valence-corrected chi connectivity index (χ3v) is 7.93. The number of hydrogen-bond acceptors (Lipinski definition) is 2. The Balaban J connectivity index is 1.54. The molecule has 0 aromatic heterocycles. The minimum atomic E-state index is -1.21. The van der Waals surface area contributed by atoms with E-state index < -0.39 is 28.8 Å². The summed E-state index contributed by atoms with van der Waals surface area (Å²) in [6.07, 6.45) is 11.7. The Morgan fingerprint density at radius 3 is 2.47 bits per heavy atom. The molecule has 4 atom stereocenters. The SMILES string of the molecule is CCCCCC1CC[C@@H]2CC(c3cc4ccc(C(=O)OC)c(F)c4c(F)c3F)CC[C@H]2C1. The highest BCUT2D eigenvalue weighted by molar-refractivity contribution is 5.96. The Hall–Kier alpha value is -2.04. The average Bonchev–Trinajstić information content (AvgIpc) is 2.80. The molecule has 2 saturated carbocycles. The number of halogens is 3. The zero-order chi connectivity index (χ0) is 22.8. The van der Waals surface area contributed by atoms with Crippen molar-refractivity contribution in [3.05, 3.63) is 46.8 Å². The number of carbonyl (C=O) groups excluding carboxylic acids is 1. The maximum atomic E-state index is 15.1. The molecule has 2 unspecified atom stereocenters. The largest absolute Gasteiger partial charge is 0.465 e. The van der Waals surface area contributed by atoms with Crippen LogP contribution in [-0.4, -0.2) is 13.1 Å². The van der Waals surface area contributed by atoms with Gasteiger partial charge in [-0.25, -0.2) is 18.0 Å². The first-order chi connectivity index (χ1) is 15.4. The topological polar surface area (TPSA) is 26.3 Å². The Bertz CT molecular complexity index is 987. The van der Waals surface area contributed by atoms with Crippen molar-refractivity contribution in [1.82, 2.24) is 0 Å². The van der Waals surface area contributed by atoms with Gasteiger partial charge in [0.05, 0.1) is 18.1 Å². The van der Waals surface area contributed by atoms with Crippen LogP contribution in [0.5, 0.6) is 0 Å². The molecule has 0 spiro atoms. The highest BCUT2D eigenvalue weighted by Gasteiger charge is 2.37. The van der Waals surface area contributed by atoms with E-state index in [9.17, 15) is 13.6 Å². The van der Waals surface area contributed by atoms with Crippen LogP contribution in [0.3, 0.4) is 0 Å². The summed E-state index contributed by atoms with van der Waals surface area (Å²) in [6.45, 7) is 2.24. The fraction of sp³-hybridized carbons (Fsp3) is 0.593. The molecule has 0 saturated heterocycles. The number of carbonyl (C=O) groups is 1. The molecule has 0 aliphatic heterocycles. The van der Waals surface area contributed by atoms with E-state index in [1.807, 2.05) is 0 Å². The van der Waals surface area contributed by atoms with Gasteiger partial charge in [-0.15, -0.1) is 0 Å². The number of hydrogen-bond donors (Lipinski definition) is 0. The van der Waals surface area contributed by atoms with Gasteiger partial charge in [0.15, 0.2) is 11.6 Å². The van der Waals surface area contributed by atoms with Crippen LogP contribution in [0.2, 0.25) is 0 Å². The lowest BCUT2D eigenvalue weighted by Gasteiger charge is -2.42. The molecule has 2 aliphatic carbocycles. The smallest absolute Gasteiger partial charge is 0.340 e. The lowest BCUT2D eigenvalue weighted by molar-refractivity contribution is 0.0596. The van der Waals surface area contributed by atoms with Crippen LogP contribution < -0.4 is 0 Å². The Morgan fingerprint density at radius 2 is 1.72 bits per heavy atom. The van der Waals surface area contributed by atoms with Crippen molar-refractivity contribution in [2.75, 3.05) is 7.11 Å². The summed E-state index contributed by atoms with van der Waals surface area (Å²) in [5, 5.41) is -0.193. The molecular weight excluding hydrogens is 413 g/mol. The second-order valence-corrected chi connectivity index (χ2v) is 9.82. The standard InChI is InChI=1S/C27H33F3O2/c1-3-4-5-6-16-7-8-18-14-19(10-9-17(18)13-16)22-15-20-11-12-21(27(31)32-2)24(28)23(20)26(30)25(22)29/h11-12,15-19H,3-10,13-14H2,1-2H3/t16?,17-,18+,19?/m0/s1. The van der Waals surface area contributed by atoms with Crippen LogP contribution in [-0.2, 0) is 4.74 Å². The molecule has 174 valence electrons. The van der Waals surface area contributed by atoms with E-state index in [-0.39, 0.29) is 16.9 Å². The summed E-state index contributed by atoms with van der Waals surface area (Å²) in [7, 11) is 1.13. The van der Waals surface area contributed by atoms with Gasteiger partial charge < -0.3 is 4.74 Å². The summed E-state index contributed by atoms with van der Waals surface area (Å²) in [5.74, 6) is -2.12. The number of ether oxygens (including phenoxy) is 1. The van der Waals surface area contributed by atoms with Crippen molar-refractivity contribution in [3.63, 3.8) is 0 Å². The van der Waals surface area contributed by atoms with Gasteiger partial charge in [0.2, 0.25) is 0 Å². The number of fused-ring (bicyclic) bond motifs is 2. The van der Waals surface area contributed by atoms with Gasteiger partial charge in [-0.1, -0.05) is 45.1 Å². The average molecular weight is 447 g/mol. The fourth-order valence-electron chi connectivity index (χ4n) is 6.18. The van der Waals surface area contributed by atoms with E-state index >= 15 is 4.39 Å². The van der Waals surface area contributed by atoms with Gasteiger partial charge in [0.1, 0.15) is 5.82 Å². The summed E-state index contributed by atoms with van der Waals surface area (Å²) < 4.78 is 49.4. The lowest BCUT2D eigenvalue weighted by Crippen LogP contribution is -2.30. The third-order valence-electron chi connectivity index (χ3n) is 7.93. The van der Waals surface area contributed by atoms with E-state index in [0.717, 1.165) is 32.3 Å². The van der Waals surface area contributed by atoms with E-state index in [4.69, 9.17) is 0 Å². The van der Waals surface area contributed by atoms with Crippen molar-refractivity contribution in [2.24, 2.45) is 17.8 Å². The third kappa shape index (κ3) is 4.40. The minimum Gasteiger partial charge on any atom is -0.465 e. The van der Waals surface area contributed by atoms with Gasteiger partial charge >= 0.3 is 5.97 Å². The van der Waals surface area contributed by atoms with Crippen LogP contribution in [0, 0.1) is 35.2 Å². The van der Waals surface area contributed by atoms with Crippen molar-refractivity contribution < 1.29 is 22.7 Å².